The van der Waals surface area contributed by atoms with E-state index in [0.29, 0.717) is 17.8 Å². The molecular weight excluding hydrogens is 450 g/mol. The lowest BCUT2D eigenvalue weighted by molar-refractivity contribution is 0.0940. The van der Waals surface area contributed by atoms with Crippen LogP contribution < -0.4 is 9.62 Å². The Kier molecular flexibility index (Phi) is 6.74. The molecule has 0 saturated carbocycles. The Morgan fingerprint density at radius 3 is 2.26 bits per heavy atom. The van der Waals surface area contributed by atoms with Crippen molar-refractivity contribution in [2.45, 2.75) is 24.8 Å². The lowest BCUT2D eigenvalue weighted by Gasteiger charge is -2.23. The zero-order valence-electron chi connectivity index (χ0n) is 18.9. The number of amides is 1. The number of hydrogen-bond acceptors (Lipinski definition) is 5. The molecule has 0 saturated heterocycles. The molecule has 0 fully saturated rings. The van der Waals surface area contributed by atoms with E-state index >= 15 is 0 Å². The quantitative estimate of drug-likeness (QED) is 0.416. The maximum absolute atomic E-state index is 13.1. The van der Waals surface area contributed by atoms with Gasteiger partial charge in [-0.15, -0.1) is 0 Å². The van der Waals surface area contributed by atoms with E-state index in [1.807, 2.05) is 37.3 Å². The topological polar surface area (TPSA) is 97.2 Å². The number of nitrogens with one attached hydrogen (secondary N) is 1. The summed E-state index contributed by atoms with van der Waals surface area (Å²) in [6.45, 7) is 3.97. The van der Waals surface area contributed by atoms with Crippen molar-refractivity contribution in [3.05, 3.63) is 103 Å². The highest BCUT2D eigenvalue weighted by Crippen LogP contribution is 2.24. The van der Waals surface area contributed by atoms with Gasteiger partial charge in [-0.1, -0.05) is 30.3 Å². The largest absolute Gasteiger partial charge is 0.346 e. The SMILES string of the molecule is CCN(c1ccccc1)S(=O)(=O)c1ccc(C(=O)NC(C)c2ccc(-n3cncn3)cc2)cc1. The summed E-state index contributed by atoms with van der Waals surface area (Å²) in [5.74, 6) is -0.285. The van der Waals surface area contributed by atoms with Gasteiger partial charge in [-0.25, -0.2) is 18.1 Å². The minimum atomic E-state index is -3.75. The second-order valence-electron chi connectivity index (χ2n) is 7.66. The first-order chi connectivity index (χ1) is 16.4. The molecule has 3 aromatic carbocycles. The minimum Gasteiger partial charge on any atom is -0.346 e. The molecule has 0 spiro atoms. The van der Waals surface area contributed by atoms with Crippen molar-refractivity contribution in [2.24, 2.45) is 0 Å². The summed E-state index contributed by atoms with van der Waals surface area (Å²) in [7, 11) is -3.75. The fraction of sp³-hybridized carbons (Fsp3) is 0.160. The van der Waals surface area contributed by atoms with E-state index in [2.05, 4.69) is 15.4 Å². The van der Waals surface area contributed by atoms with Crippen molar-refractivity contribution < 1.29 is 13.2 Å². The molecule has 0 aliphatic heterocycles. The van der Waals surface area contributed by atoms with Gasteiger partial charge in [0.1, 0.15) is 12.7 Å². The molecule has 1 N–H and O–H groups in total. The molecule has 0 radical (unpaired) electrons. The first-order valence-corrected chi connectivity index (χ1v) is 12.3. The van der Waals surface area contributed by atoms with Crippen molar-refractivity contribution in [3.63, 3.8) is 0 Å². The van der Waals surface area contributed by atoms with Crippen LogP contribution in [-0.4, -0.2) is 35.6 Å². The van der Waals surface area contributed by atoms with E-state index in [1.165, 1.54) is 34.9 Å². The summed E-state index contributed by atoms with van der Waals surface area (Å²) in [4.78, 5) is 16.8. The third kappa shape index (κ3) is 4.84. The fourth-order valence-corrected chi connectivity index (χ4v) is 5.09. The predicted molar refractivity (Wildman–Crippen MR) is 130 cm³/mol. The third-order valence-electron chi connectivity index (χ3n) is 5.46. The van der Waals surface area contributed by atoms with E-state index in [4.69, 9.17) is 0 Å². The second-order valence-corrected chi connectivity index (χ2v) is 9.52. The summed E-state index contributed by atoms with van der Waals surface area (Å²) in [6, 6.07) is 22.3. The van der Waals surface area contributed by atoms with Crippen LogP contribution in [0.2, 0.25) is 0 Å². The number of hydrogen-bond donors (Lipinski definition) is 1. The molecule has 4 rings (SSSR count). The lowest BCUT2D eigenvalue weighted by Crippen LogP contribution is -2.31. The second kappa shape index (κ2) is 9.88. The number of rotatable bonds is 8. The smallest absolute Gasteiger partial charge is 0.264 e. The van der Waals surface area contributed by atoms with Gasteiger partial charge in [0, 0.05) is 12.1 Å². The van der Waals surface area contributed by atoms with Crippen LogP contribution >= 0.6 is 0 Å². The molecule has 1 aromatic heterocycles. The zero-order valence-corrected chi connectivity index (χ0v) is 19.7. The normalized spacial score (nSPS) is 12.2. The molecule has 174 valence electrons. The highest BCUT2D eigenvalue weighted by Gasteiger charge is 2.24. The van der Waals surface area contributed by atoms with E-state index < -0.39 is 10.0 Å². The van der Waals surface area contributed by atoms with Crippen LogP contribution in [0, 0.1) is 0 Å². The van der Waals surface area contributed by atoms with E-state index in [9.17, 15) is 13.2 Å². The molecule has 0 aliphatic rings. The number of carbonyl (C=O) groups excluding carboxylic acids is 1. The van der Waals surface area contributed by atoms with Crippen LogP contribution in [0.5, 0.6) is 0 Å². The lowest BCUT2D eigenvalue weighted by atomic mass is 10.1. The van der Waals surface area contributed by atoms with Crippen LogP contribution in [0.25, 0.3) is 5.69 Å². The van der Waals surface area contributed by atoms with Gasteiger partial charge in [-0.05, 0) is 67.9 Å². The maximum Gasteiger partial charge on any atom is 0.264 e. The molecule has 1 amide bonds. The van der Waals surface area contributed by atoms with Gasteiger partial charge >= 0.3 is 0 Å². The van der Waals surface area contributed by atoms with Gasteiger partial charge in [-0.3, -0.25) is 9.10 Å². The molecule has 8 nitrogen and oxygen atoms in total. The average Bonchev–Trinajstić information content (AvgIpc) is 3.40. The Hall–Kier alpha value is -3.98. The molecule has 4 aromatic rings. The van der Waals surface area contributed by atoms with Gasteiger partial charge in [0.15, 0.2) is 0 Å². The van der Waals surface area contributed by atoms with Crippen molar-refractivity contribution in [1.29, 1.82) is 0 Å². The molecule has 9 heteroatoms. The van der Waals surface area contributed by atoms with Crippen LogP contribution in [0.4, 0.5) is 5.69 Å². The summed E-state index contributed by atoms with van der Waals surface area (Å²) in [5, 5.41) is 7.05. The van der Waals surface area contributed by atoms with Crippen molar-refractivity contribution in [1.82, 2.24) is 20.1 Å². The molecular formula is C25H25N5O3S. The molecule has 0 aliphatic carbocycles. The highest BCUT2D eigenvalue weighted by molar-refractivity contribution is 7.92. The fourth-order valence-electron chi connectivity index (χ4n) is 3.61. The average molecular weight is 476 g/mol. The van der Waals surface area contributed by atoms with E-state index in [-0.39, 0.29) is 16.8 Å². The molecule has 34 heavy (non-hydrogen) atoms. The standard InChI is InChI=1S/C25H25N5O3S/c1-3-30(23-7-5-4-6-8-23)34(32,33)24-15-11-21(12-16-24)25(31)28-19(2)20-9-13-22(14-10-20)29-18-26-17-27-29/h4-19H,3H2,1-2H3,(H,28,31). The summed E-state index contributed by atoms with van der Waals surface area (Å²) < 4.78 is 29.3. The Morgan fingerprint density at radius 2 is 1.68 bits per heavy atom. The van der Waals surface area contributed by atoms with Crippen LogP contribution in [0.3, 0.4) is 0 Å². The van der Waals surface area contributed by atoms with Crippen molar-refractivity contribution in [3.8, 4) is 5.69 Å². The monoisotopic (exact) mass is 475 g/mol. The predicted octanol–water partition coefficient (Wildman–Crippen LogP) is 3.97. The number of para-hydroxylation sites is 1. The van der Waals surface area contributed by atoms with Crippen molar-refractivity contribution >= 4 is 21.6 Å². The third-order valence-corrected chi connectivity index (χ3v) is 7.38. The molecule has 1 atom stereocenters. The Morgan fingerprint density at radius 1 is 1.00 bits per heavy atom. The molecule has 1 unspecified atom stereocenters. The van der Waals surface area contributed by atoms with Crippen LogP contribution in [0.1, 0.15) is 35.8 Å². The Labute approximate surface area is 198 Å². The summed E-state index contributed by atoms with van der Waals surface area (Å²) in [6.07, 6.45) is 3.08. The Bertz CT molecular complexity index is 1340. The van der Waals surface area contributed by atoms with Crippen LogP contribution in [0.15, 0.2) is 96.4 Å². The first kappa shape index (κ1) is 23.2. The zero-order chi connectivity index (χ0) is 24.1. The summed E-state index contributed by atoms with van der Waals surface area (Å²) in [5.41, 5.74) is 2.77. The number of aromatic nitrogens is 3. The number of sulfonamides is 1. The van der Waals surface area contributed by atoms with Gasteiger partial charge in [0.05, 0.1) is 22.3 Å². The first-order valence-electron chi connectivity index (χ1n) is 10.8. The van der Waals surface area contributed by atoms with Gasteiger partial charge in [-0.2, -0.15) is 5.10 Å². The van der Waals surface area contributed by atoms with E-state index in [0.717, 1.165) is 11.3 Å². The number of carbonyl (C=O) groups is 1. The number of anilines is 1. The van der Waals surface area contributed by atoms with Gasteiger partial charge < -0.3 is 5.32 Å². The van der Waals surface area contributed by atoms with Gasteiger partial charge in [0.25, 0.3) is 15.9 Å². The summed E-state index contributed by atoms with van der Waals surface area (Å²) >= 11 is 0. The minimum absolute atomic E-state index is 0.131. The molecule has 1 heterocycles. The van der Waals surface area contributed by atoms with Crippen molar-refractivity contribution in [2.75, 3.05) is 10.8 Å². The Balaban J connectivity index is 1.45. The molecule has 0 bridgehead atoms. The van der Waals surface area contributed by atoms with Gasteiger partial charge in [0.2, 0.25) is 0 Å². The maximum atomic E-state index is 13.1. The van der Waals surface area contributed by atoms with E-state index in [1.54, 1.807) is 42.2 Å². The highest BCUT2D eigenvalue weighted by atomic mass is 32.2. The van der Waals surface area contributed by atoms with Crippen LogP contribution in [-0.2, 0) is 10.0 Å². The number of nitrogens with zero attached hydrogens (tertiary/aromatic N) is 4. The number of benzene rings is 3.